The number of ether oxygens (including phenoxy) is 1. The van der Waals surface area contributed by atoms with Crippen molar-refractivity contribution in [2.75, 3.05) is 32.8 Å². The second-order valence-electron chi connectivity index (χ2n) is 11.1. The molecule has 0 unspecified atom stereocenters. The number of para-hydroxylation sites is 1. The zero-order valence-electron chi connectivity index (χ0n) is 22.0. The Labute approximate surface area is 219 Å². The Bertz CT molecular complexity index is 1200. The second-order valence-corrected chi connectivity index (χ2v) is 11.1. The van der Waals surface area contributed by atoms with Crippen LogP contribution < -0.4 is 10.3 Å². The van der Waals surface area contributed by atoms with Crippen LogP contribution in [0.25, 0.3) is 0 Å². The Kier molecular flexibility index (Phi) is 7.68. The van der Waals surface area contributed by atoms with E-state index in [1.54, 1.807) is 13.1 Å². The topological polar surface area (TPSA) is 82.7 Å². The number of carbonyl (C=O) groups is 2. The highest BCUT2D eigenvalue weighted by Gasteiger charge is 2.38. The molecule has 1 fully saturated rings. The van der Waals surface area contributed by atoms with Crippen LogP contribution in [0.15, 0.2) is 35.3 Å². The van der Waals surface area contributed by atoms with Gasteiger partial charge in [-0.25, -0.2) is 0 Å². The molecular formula is C30H39N3O4. The van der Waals surface area contributed by atoms with E-state index >= 15 is 0 Å². The number of piperidine rings is 1. The summed E-state index contributed by atoms with van der Waals surface area (Å²) in [6.45, 7) is 4.47. The predicted octanol–water partition coefficient (Wildman–Crippen LogP) is 4.13. The summed E-state index contributed by atoms with van der Waals surface area (Å²) < 4.78 is 6.21. The molecule has 2 aromatic rings. The minimum atomic E-state index is -0.288. The molecule has 3 aliphatic rings. The third-order valence-corrected chi connectivity index (χ3v) is 8.71. The highest BCUT2D eigenvalue weighted by Crippen LogP contribution is 2.39. The number of pyridine rings is 1. The number of likely N-dealkylation sites (tertiary alicyclic amines) is 1. The third kappa shape index (κ3) is 5.60. The van der Waals surface area contributed by atoms with Crippen LogP contribution in [0.3, 0.4) is 0 Å². The molecule has 3 heterocycles. The first-order valence-electron chi connectivity index (χ1n) is 13.9. The Balaban J connectivity index is 1.47. The van der Waals surface area contributed by atoms with E-state index in [1.807, 2.05) is 28.0 Å². The molecule has 2 aliphatic heterocycles. The van der Waals surface area contributed by atoms with Crippen molar-refractivity contribution in [3.05, 3.63) is 63.1 Å². The van der Waals surface area contributed by atoms with Gasteiger partial charge in [-0.3, -0.25) is 14.4 Å². The van der Waals surface area contributed by atoms with Gasteiger partial charge in [-0.2, -0.15) is 0 Å². The summed E-state index contributed by atoms with van der Waals surface area (Å²) in [5, 5.41) is 0. The van der Waals surface area contributed by atoms with E-state index in [0.717, 1.165) is 94.2 Å². The Morgan fingerprint density at radius 2 is 1.62 bits per heavy atom. The van der Waals surface area contributed by atoms with E-state index in [4.69, 9.17) is 4.74 Å². The van der Waals surface area contributed by atoms with Gasteiger partial charge in [0.05, 0.1) is 6.54 Å². The van der Waals surface area contributed by atoms with Crippen molar-refractivity contribution in [2.45, 2.75) is 71.1 Å². The van der Waals surface area contributed by atoms with Gasteiger partial charge in [0.2, 0.25) is 5.91 Å². The van der Waals surface area contributed by atoms with Crippen LogP contribution in [0.2, 0.25) is 0 Å². The van der Waals surface area contributed by atoms with Crippen molar-refractivity contribution in [3.63, 3.8) is 0 Å². The van der Waals surface area contributed by atoms with Gasteiger partial charge in [-0.15, -0.1) is 0 Å². The third-order valence-electron chi connectivity index (χ3n) is 8.71. The van der Waals surface area contributed by atoms with Gasteiger partial charge in [-0.1, -0.05) is 24.6 Å². The summed E-state index contributed by atoms with van der Waals surface area (Å²) in [6.07, 6.45) is 11.4. The highest BCUT2D eigenvalue weighted by atomic mass is 16.5. The van der Waals surface area contributed by atoms with Crippen molar-refractivity contribution < 1.29 is 14.3 Å². The normalized spacial score (nSPS) is 20.1. The van der Waals surface area contributed by atoms with Crippen molar-refractivity contribution in [2.24, 2.45) is 5.41 Å². The number of aromatic amines is 1. The van der Waals surface area contributed by atoms with E-state index < -0.39 is 0 Å². The summed E-state index contributed by atoms with van der Waals surface area (Å²) in [7, 11) is 0. The molecule has 7 nitrogen and oxygen atoms in total. The number of rotatable bonds is 1. The number of nitrogens with zero attached hydrogens (tertiary/aromatic N) is 2. The zero-order chi connectivity index (χ0) is 25.8. The lowest BCUT2D eigenvalue weighted by molar-refractivity contribution is -0.131. The minimum Gasteiger partial charge on any atom is -0.491 e. The fourth-order valence-electron chi connectivity index (χ4n) is 6.49. The molecule has 2 amide bonds. The maximum absolute atomic E-state index is 14.1. The number of aryl methyl sites for hydroxylation is 2. The van der Waals surface area contributed by atoms with Crippen LogP contribution in [-0.2, 0) is 24.1 Å². The van der Waals surface area contributed by atoms with Crippen LogP contribution in [0.4, 0.5) is 0 Å². The highest BCUT2D eigenvalue weighted by molar-refractivity contribution is 5.95. The number of H-pyrrole nitrogens is 1. The largest absolute Gasteiger partial charge is 0.491 e. The smallest absolute Gasteiger partial charge is 0.261 e. The van der Waals surface area contributed by atoms with E-state index in [-0.39, 0.29) is 22.8 Å². The number of amides is 2. The maximum atomic E-state index is 14.1. The molecule has 0 radical (unpaired) electrons. The molecule has 1 spiro atoms. The number of benzene rings is 1. The summed E-state index contributed by atoms with van der Waals surface area (Å²) in [4.78, 5) is 45.8. The number of fused-ring (bicyclic) bond motifs is 2. The average Bonchev–Trinajstić information content (AvgIpc) is 2.90. The van der Waals surface area contributed by atoms with Gasteiger partial charge in [0.1, 0.15) is 17.9 Å². The van der Waals surface area contributed by atoms with Crippen molar-refractivity contribution in [3.8, 4) is 5.75 Å². The maximum Gasteiger partial charge on any atom is 0.261 e. The molecule has 1 saturated heterocycles. The van der Waals surface area contributed by atoms with Gasteiger partial charge in [0.15, 0.2) is 0 Å². The Hall–Kier alpha value is -3.09. The SMILES string of the molecule is CC(=O)N1CCC2(CCCCc3ccccc3OCCN(C(=O)c3c4c(c[nH]c3=O)CCCC4)C2)CC1. The van der Waals surface area contributed by atoms with Gasteiger partial charge in [0, 0.05) is 32.8 Å². The minimum absolute atomic E-state index is 0.0675. The van der Waals surface area contributed by atoms with E-state index in [9.17, 15) is 14.4 Å². The first-order chi connectivity index (χ1) is 18.0. The molecule has 1 aromatic heterocycles. The predicted molar refractivity (Wildman–Crippen MR) is 143 cm³/mol. The Morgan fingerprint density at radius 1 is 0.892 bits per heavy atom. The molecule has 7 heteroatoms. The summed E-state index contributed by atoms with van der Waals surface area (Å²) in [6, 6.07) is 8.17. The lowest BCUT2D eigenvalue weighted by atomic mass is 9.73. The number of hydrogen-bond acceptors (Lipinski definition) is 4. The average molecular weight is 506 g/mol. The van der Waals surface area contributed by atoms with Gasteiger partial charge >= 0.3 is 0 Å². The lowest BCUT2D eigenvalue weighted by Crippen LogP contribution is -2.50. The molecule has 1 aliphatic carbocycles. The first kappa shape index (κ1) is 25.6. The number of nitrogens with one attached hydrogen (secondary N) is 1. The fourth-order valence-corrected chi connectivity index (χ4v) is 6.49. The number of hydrogen-bond donors (Lipinski definition) is 1. The zero-order valence-corrected chi connectivity index (χ0v) is 22.0. The molecule has 1 N–H and O–H groups in total. The summed E-state index contributed by atoms with van der Waals surface area (Å²) in [5.41, 5.74) is 3.19. The molecule has 0 atom stereocenters. The van der Waals surface area contributed by atoms with Crippen molar-refractivity contribution >= 4 is 11.8 Å². The van der Waals surface area contributed by atoms with E-state index in [0.29, 0.717) is 25.3 Å². The van der Waals surface area contributed by atoms with Crippen LogP contribution in [0, 0.1) is 5.41 Å². The quantitative estimate of drug-likeness (QED) is 0.632. The molecule has 0 saturated carbocycles. The molecule has 37 heavy (non-hydrogen) atoms. The van der Waals surface area contributed by atoms with Crippen LogP contribution in [0.1, 0.15) is 78.9 Å². The fraction of sp³-hybridized carbons (Fsp3) is 0.567. The molecular weight excluding hydrogens is 466 g/mol. The van der Waals surface area contributed by atoms with Crippen LogP contribution >= 0.6 is 0 Å². The molecule has 1 aromatic carbocycles. The number of carbonyl (C=O) groups excluding carboxylic acids is 2. The van der Waals surface area contributed by atoms with E-state index in [2.05, 4.69) is 11.1 Å². The molecule has 0 bridgehead atoms. The summed E-state index contributed by atoms with van der Waals surface area (Å²) >= 11 is 0. The first-order valence-corrected chi connectivity index (χ1v) is 13.9. The van der Waals surface area contributed by atoms with Crippen molar-refractivity contribution in [1.82, 2.24) is 14.8 Å². The van der Waals surface area contributed by atoms with Crippen LogP contribution in [-0.4, -0.2) is 59.4 Å². The van der Waals surface area contributed by atoms with Crippen molar-refractivity contribution in [1.29, 1.82) is 0 Å². The molecule has 198 valence electrons. The lowest BCUT2D eigenvalue weighted by Gasteiger charge is -2.44. The molecule has 5 rings (SSSR count). The van der Waals surface area contributed by atoms with Gasteiger partial charge < -0.3 is 19.5 Å². The van der Waals surface area contributed by atoms with Gasteiger partial charge in [-0.05, 0) is 86.0 Å². The number of aromatic nitrogens is 1. The second kappa shape index (κ2) is 11.1. The standard InChI is InChI=1S/C30H39N3O4/c1-22(34)32-16-14-30(15-17-32)13-7-6-9-23-8-3-5-12-26(23)37-19-18-33(21-30)29(36)27-25-11-4-2-10-24(25)20-31-28(27)35/h3,5,8,12,20H,2,4,6-7,9-11,13-19,21H2,1H3,(H,31,35). The van der Waals surface area contributed by atoms with Crippen LogP contribution in [0.5, 0.6) is 5.75 Å². The van der Waals surface area contributed by atoms with Gasteiger partial charge in [0.25, 0.3) is 11.5 Å². The Morgan fingerprint density at radius 3 is 2.43 bits per heavy atom. The monoisotopic (exact) mass is 505 g/mol. The van der Waals surface area contributed by atoms with E-state index in [1.165, 1.54) is 5.56 Å². The summed E-state index contributed by atoms with van der Waals surface area (Å²) in [5.74, 6) is 0.820.